The SMILES string of the molecule is O=C(Nc1ccc2c(c1)CCC(CN1CCCCC1)=C2)N1CCC(c2ccc(F)cc2)CC1. The number of nitrogens with one attached hydrogen (secondary N) is 1. The van der Waals surface area contributed by atoms with Gasteiger partial charge in [-0.2, -0.15) is 0 Å². The summed E-state index contributed by atoms with van der Waals surface area (Å²) in [5.41, 5.74) is 6.20. The number of fused-ring (bicyclic) bond motifs is 1. The van der Waals surface area contributed by atoms with Crippen LogP contribution < -0.4 is 5.32 Å². The number of carbonyl (C=O) groups excluding carboxylic acids is 1. The van der Waals surface area contributed by atoms with E-state index in [1.165, 1.54) is 66.7 Å². The Morgan fingerprint density at radius 3 is 2.45 bits per heavy atom. The van der Waals surface area contributed by atoms with Gasteiger partial charge >= 0.3 is 6.03 Å². The van der Waals surface area contributed by atoms with Gasteiger partial charge in [0.1, 0.15) is 5.82 Å². The Hall–Kier alpha value is -2.66. The monoisotopic (exact) mass is 447 g/mol. The van der Waals surface area contributed by atoms with E-state index in [1.54, 1.807) is 0 Å². The van der Waals surface area contributed by atoms with E-state index in [0.29, 0.717) is 5.92 Å². The summed E-state index contributed by atoms with van der Waals surface area (Å²) < 4.78 is 13.2. The molecular weight excluding hydrogens is 413 g/mol. The van der Waals surface area contributed by atoms with Crippen LogP contribution in [0.1, 0.15) is 61.1 Å². The standard InChI is InChI=1S/C28H34FN3O/c29-26-9-6-22(7-10-26)23-12-16-32(17-13-23)28(33)30-27-11-8-24-18-21(4-5-25(24)19-27)20-31-14-2-1-3-15-31/h6-11,18-19,23H,1-5,12-17,20H2,(H,30,33). The molecule has 0 aromatic heterocycles. The van der Waals surface area contributed by atoms with Crippen molar-refractivity contribution in [3.63, 3.8) is 0 Å². The first-order valence-corrected chi connectivity index (χ1v) is 12.5. The van der Waals surface area contributed by atoms with Crippen LogP contribution >= 0.6 is 0 Å². The minimum atomic E-state index is -0.200. The summed E-state index contributed by atoms with van der Waals surface area (Å²) in [6.45, 7) is 5.02. The second kappa shape index (κ2) is 10.1. The van der Waals surface area contributed by atoms with Crippen LogP contribution in [0.25, 0.3) is 6.08 Å². The first-order chi connectivity index (χ1) is 16.1. The summed E-state index contributed by atoms with van der Waals surface area (Å²) >= 11 is 0. The molecule has 0 saturated carbocycles. The average molecular weight is 448 g/mol. The highest BCUT2D eigenvalue weighted by Gasteiger charge is 2.24. The molecule has 4 nitrogen and oxygen atoms in total. The van der Waals surface area contributed by atoms with E-state index in [-0.39, 0.29) is 11.8 Å². The number of urea groups is 1. The molecule has 2 aromatic rings. The number of halogens is 1. The Bertz CT molecular complexity index is 1000. The lowest BCUT2D eigenvalue weighted by Crippen LogP contribution is -2.40. The summed E-state index contributed by atoms with van der Waals surface area (Å²) in [7, 11) is 0. The number of benzene rings is 2. The summed E-state index contributed by atoms with van der Waals surface area (Å²) in [6.07, 6.45) is 10.4. The lowest BCUT2D eigenvalue weighted by atomic mass is 9.89. The fourth-order valence-corrected chi connectivity index (χ4v) is 5.51. The molecule has 0 spiro atoms. The third-order valence-electron chi connectivity index (χ3n) is 7.47. The highest BCUT2D eigenvalue weighted by Crippen LogP contribution is 2.30. The number of nitrogens with zero attached hydrogens (tertiary/aromatic N) is 2. The van der Waals surface area contributed by atoms with Gasteiger partial charge in [0.05, 0.1) is 0 Å². The van der Waals surface area contributed by atoms with Gasteiger partial charge in [-0.3, -0.25) is 4.90 Å². The Kier molecular flexibility index (Phi) is 6.77. The number of amides is 2. The van der Waals surface area contributed by atoms with Crippen molar-refractivity contribution in [3.8, 4) is 0 Å². The number of anilines is 1. The number of likely N-dealkylation sites (tertiary alicyclic amines) is 2. The van der Waals surface area contributed by atoms with E-state index < -0.39 is 0 Å². The van der Waals surface area contributed by atoms with Crippen molar-refractivity contribution in [2.45, 2.75) is 50.9 Å². The van der Waals surface area contributed by atoms with Gasteiger partial charge in [0.25, 0.3) is 0 Å². The summed E-state index contributed by atoms with van der Waals surface area (Å²) in [5, 5.41) is 3.11. The van der Waals surface area contributed by atoms with E-state index in [4.69, 9.17) is 0 Å². The predicted octanol–water partition coefficient (Wildman–Crippen LogP) is 6.05. The van der Waals surface area contributed by atoms with Crippen molar-refractivity contribution < 1.29 is 9.18 Å². The van der Waals surface area contributed by atoms with Gasteiger partial charge in [-0.15, -0.1) is 0 Å². The molecule has 5 heteroatoms. The molecule has 3 aliphatic rings. The third-order valence-corrected chi connectivity index (χ3v) is 7.47. The third kappa shape index (κ3) is 5.47. The Morgan fingerprint density at radius 2 is 1.70 bits per heavy atom. The van der Waals surface area contributed by atoms with Crippen molar-refractivity contribution in [1.29, 1.82) is 0 Å². The number of carbonyl (C=O) groups is 1. The fourth-order valence-electron chi connectivity index (χ4n) is 5.51. The van der Waals surface area contributed by atoms with Crippen LogP contribution in [0.15, 0.2) is 48.0 Å². The number of hydrogen-bond acceptors (Lipinski definition) is 2. The van der Waals surface area contributed by atoms with Gasteiger partial charge in [-0.05, 0) is 98.5 Å². The maximum absolute atomic E-state index is 13.2. The largest absolute Gasteiger partial charge is 0.324 e. The fraction of sp³-hybridized carbons (Fsp3) is 0.464. The molecule has 33 heavy (non-hydrogen) atoms. The first kappa shape index (κ1) is 22.1. The van der Waals surface area contributed by atoms with E-state index in [2.05, 4.69) is 28.4 Å². The maximum Gasteiger partial charge on any atom is 0.321 e. The summed E-state index contributed by atoms with van der Waals surface area (Å²) in [4.78, 5) is 17.3. The van der Waals surface area contributed by atoms with Crippen LogP contribution in [-0.4, -0.2) is 48.6 Å². The summed E-state index contributed by atoms with van der Waals surface area (Å²) in [6, 6.07) is 13.1. The van der Waals surface area contributed by atoms with Crippen molar-refractivity contribution in [3.05, 3.63) is 70.5 Å². The number of piperidine rings is 2. The van der Waals surface area contributed by atoms with E-state index in [1.807, 2.05) is 23.1 Å². The zero-order valence-corrected chi connectivity index (χ0v) is 19.4. The topological polar surface area (TPSA) is 35.6 Å². The van der Waals surface area contributed by atoms with Crippen LogP contribution in [0, 0.1) is 5.82 Å². The van der Waals surface area contributed by atoms with E-state index >= 15 is 0 Å². The van der Waals surface area contributed by atoms with Crippen LogP contribution in [-0.2, 0) is 6.42 Å². The van der Waals surface area contributed by atoms with Crippen molar-refractivity contribution in [2.24, 2.45) is 0 Å². The van der Waals surface area contributed by atoms with Crippen LogP contribution in [0.5, 0.6) is 0 Å². The molecule has 2 fully saturated rings. The first-order valence-electron chi connectivity index (χ1n) is 12.5. The molecule has 1 N–H and O–H groups in total. The van der Waals surface area contributed by atoms with E-state index in [9.17, 15) is 9.18 Å². The highest BCUT2D eigenvalue weighted by molar-refractivity contribution is 5.89. The molecule has 0 atom stereocenters. The van der Waals surface area contributed by atoms with E-state index in [0.717, 1.165) is 51.0 Å². The molecule has 174 valence electrons. The lowest BCUT2D eigenvalue weighted by Gasteiger charge is -2.32. The van der Waals surface area contributed by atoms with Gasteiger partial charge in [-0.25, -0.2) is 9.18 Å². The smallest absolute Gasteiger partial charge is 0.321 e. The quantitative estimate of drug-likeness (QED) is 0.619. The van der Waals surface area contributed by atoms with Crippen molar-refractivity contribution in [1.82, 2.24) is 9.80 Å². The minimum absolute atomic E-state index is 0.0235. The number of hydrogen-bond donors (Lipinski definition) is 1. The minimum Gasteiger partial charge on any atom is -0.324 e. The van der Waals surface area contributed by atoms with Gasteiger partial charge in [0, 0.05) is 25.3 Å². The molecule has 2 heterocycles. The Morgan fingerprint density at radius 1 is 0.939 bits per heavy atom. The molecule has 2 saturated heterocycles. The number of rotatable bonds is 4. The zero-order chi connectivity index (χ0) is 22.6. The van der Waals surface area contributed by atoms with Crippen molar-refractivity contribution >= 4 is 17.8 Å². The van der Waals surface area contributed by atoms with Crippen LogP contribution in [0.2, 0.25) is 0 Å². The second-order valence-corrected chi connectivity index (χ2v) is 9.80. The molecule has 0 unspecified atom stereocenters. The second-order valence-electron chi connectivity index (χ2n) is 9.80. The Labute approximate surface area is 196 Å². The number of aryl methyl sites for hydroxylation is 1. The molecule has 2 aromatic carbocycles. The Balaban J connectivity index is 1.15. The molecular formula is C28H34FN3O. The molecule has 2 aliphatic heterocycles. The van der Waals surface area contributed by atoms with Crippen molar-refractivity contribution in [2.75, 3.05) is 38.0 Å². The predicted molar refractivity (Wildman–Crippen MR) is 132 cm³/mol. The molecule has 5 rings (SSSR count). The zero-order valence-electron chi connectivity index (χ0n) is 19.4. The molecule has 2 amide bonds. The highest BCUT2D eigenvalue weighted by atomic mass is 19.1. The normalized spacial score (nSPS) is 19.7. The molecule has 1 aliphatic carbocycles. The lowest BCUT2D eigenvalue weighted by molar-refractivity contribution is 0.194. The van der Waals surface area contributed by atoms with Gasteiger partial charge in [0.15, 0.2) is 0 Å². The van der Waals surface area contributed by atoms with Gasteiger partial charge in [0.2, 0.25) is 0 Å². The van der Waals surface area contributed by atoms with Gasteiger partial charge < -0.3 is 10.2 Å². The maximum atomic E-state index is 13.2. The molecule has 0 radical (unpaired) electrons. The average Bonchev–Trinajstić information content (AvgIpc) is 2.85. The van der Waals surface area contributed by atoms with Crippen LogP contribution in [0.4, 0.5) is 14.9 Å². The molecule has 0 bridgehead atoms. The van der Waals surface area contributed by atoms with Crippen LogP contribution in [0.3, 0.4) is 0 Å². The van der Waals surface area contributed by atoms with Gasteiger partial charge in [-0.1, -0.05) is 36.3 Å². The summed E-state index contributed by atoms with van der Waals surface area (Å²) in [5.74, 6) is 0.193.